The maximum Gasteiger partial charge on any atom is 0.248 e. The van der Waals surface area contributed by atoms with E-state index in [-0.39, 0.29) is 17.9 Å². The highest BCUT2D eigenvalue weighted by molar-refractivity contribution is 6.02. The van der Waals surface area contributed by atoms with Gasteiger partial charge in [0.25, 0.3) is 0 Å². The summed E-state index contributed by atoms with van der Waals surface area (Å²) in [7, 11) is 0. The first-order valence-corrected chi connectivity index (χ1v) is 8.14. The van der Waals surface area contributed by atoms with Crippen LogP contribution in [0.2, 0.25) is 0 Å². The van der Waals surface area contributed by atoms with Crippen molar-refractivity contribution in [2.75, 3.05) is 0 Å². The highest BCUT2D eigenvalue weighted by Gasteiger charge is 2.57. The molecule has 0 aromatic heterocycles. The zero-order chi connectivity index (χ0) is 14.4. The Morgan fingerprint density at radius 3 is 2.20 bits per heavy atom. The lowest BCUT2D eigenvalue weighted by Crippen LogP contribution is -2.75. The first-order chi connectivity index (χ1) is 9.47. The molecular weight excluding hydrogens is 252 g/mol. The maximum absolute atomic E-state index is 13.0. The lowest BCUT2D eigenvalue weighted by Gasteiger charge is -2.53. The van der Waals surface area contributed by atoms with E-state index in [2.05, 4.69) is 5.32 Å². The summed E-state index contributed by atoms with van der Waals surface area (Å²) in [6, 6.07) is 0.277. The van der Waals surface area contributed by atoms with Crippen LogP contribution < -0.4 is 5.32 Å². The van der Waals surface area contributed by atoms with Crippen LogP contribution in [0.25, 0.3) is 0 Å². The Kier molecular flexibility index (Phi) is 3.30. The van der Waals surface area contributed by atoms with E-state index in [4.69, 9.17) is 0 Å². The number of rotatable bonds is 1. The van der Waals surface area contributed by atoms with Crippen molar-refractivity contribution in [2.45, 2.75) is 88.8 Å². The van der Waals surface area contributed by atoms with Gasteiger partial charge in [-0.3, -0.25) is 9.59 Å². The molecule has 0 bridgehead atoms. The molecule has 2 aliphatic carbocycles. The van der Waals surface area contributed by atoms with E-state index in [1.54, 1.807) is 0 Å². The molecule has 2 saturated carbocycles. The van der Waals surface area contributed by atoms with Gasteiger partial charge >= 0.3 is 0 Å². The molecule has 1 aliphatic heterocycles. The van der Waals surface area contributed by atoms with E-state index in [1.165, 1.54) is 19.3 Å². The van der Waals surface area contributed by atoms with Crippen LogP contribution in [-0.2, 0) is 9.59 Å². The van der Waals surface area contributed by atoms with Crippen LogP contribution in [0.1, 0.15) is 71.6 Å². The van der Waals surface area contributed by atoms with Gasteiger partial charge in [0, 0.05) is 6.04 Å². The molecule has 1 heterocycles. The number of nitrogens with zero attached hydrogens (tertiary/aromatic N) is 1. The average Bonchev–Trinajstić information content (AvgIpc) is 2.89. The lowest BCUT2D eigenvalue weighted by molar-refractivity contribution is -0.166. The molecule has 3 rings (SSSR count). The number of carbonyl (C=O) groups is 2. The monoisotopic (exact) mass is 278 g/mol. The van der Waals surface area contributed by atoms with Crippen LogP contribution in [0.4, 0.5) is 0 Å². The van der Waals surface area contributed by atoms with Crippen LogP contribution in [-0.4, -0.2) is 33.8 Å². The molecule has 0 atom stereocenters. The summed E-state index contributed by atoms with van der Waals surface area (Å²) in [4.78, 5) is 27.7. The second-order valence-electron chi connectivity index (χ2n) is 7.28. The number of hydrogen-bond acceptors (Lipinski definition) is 2. The Morgan fingerprint density at radius 1 is 1.00 bits per heavy atom. The molecule has 0 aromatic carbocycles. The van der Waals surface area contributed by atoms with Gasteiger partial charge in [-0.15, -0.1) is 0 Å². The van der Waals surface area contributed by atoms with E-state index in [0.717, 1.165) is 38.5 Å². The highest BCUT2D eigenvalue weighted by atomic mass is 16.2. The van der Waals surface area contributed by atoms with E-state index < -0.39 is 11.1 Å². The van der Waals surface area contributed by atoms with Gasteiger partial charge in [0.05, 0.1) is 0 Å². The van der Waals surface area contributed by atoms with Gasteiger partial charge in [0.1, 0.15) is 11.1 Å². The fourth-order valence-corrected chi connectivity index (χ4v) is 4.34. The van der Waals surface area contributed by atoms with Gasteiger partial charge in [-0.25, -0.2) is 0 Å². The fourth-order valence-electron chi connectivity index (χ4n) is 4.34. The lowest BCUT2D eigenvalue weighted by atomic mass is 9.81. The standard InChI is InChI=1S/C16H26N2O2/c1-15(2)14(20)18(12-8-4-3-5-9-12)16(13(19)17-15)10-6-7-11-16/h12H,3-11H2,1-2H3,(H,17,19). The molecule has 3 aliphatic rings. The summed E-state index contributed by atoms with van der Waals surface area (Å²) in [6.07, 6.45) is 9.58. The Balaban J connectivity index is 1.98. The van der Waals surface area contributed by atoms with E-state index in [0.29, 0.717) is 0 Å². The number of nitrogens with one attached hydrogen (secondary N) is 1. The predicted octanol–water partition coefficient (Wildman–Crippen LogP) is 2.37. The van der Waals surface area contributed by atoms with E-state index >= 15 is 0 Å². The van der Waals surface area contributed by atoms with Crippen LogP contribution >= 0.6 is 0 Å². The third-order valence-electron chi connectivity index (χ3n) is 5.43. The van der Waals surface area contributed by atoms with Gasteiger partial charge in [-0.05, 0) is 39.5 Å². The average molecular weight is 278 g/mol. The highest BCUT2D eigenvalue weighted by Crippen LogP contribution is 2.43. The zero-order valence-electron chi connectivity index (χ0n) is 12.7. The molecule has 1 spiro atoms. The van der Waals surface area contributed by atoms with Gasteiger partial charge in [0.2, 0.25) is 11.8 Å². The van der Waals surface area contributed by atoms with Crippen molar-refractivity contribution >= 4 is 11.8 Å². The van der Waals surface area contributed by atoms with Crippen molar-refractivity contribution < 1.29 is 9.59 Å². The SMILES string of the molecule is CC1(C)NC(=O)C2(CCCC2)N(C2CCCCC2)C1=O. The summed E-state index contributed by atoms with van der Waals surface area (Å²) in [5, 5.41) is 2.98. The normalized spacial score (nSPS) is 29.8. The number of amides is 2. The first-order valence-electron chi connectivity index (χ1n) is 8.14. The summed E-state index contributed by atoms with van der Waals surface area (Å²) in [5.74, 6) is 0.219. The molecule has 0 aromatic rings. The summed E-state index contributed by atoms with van der Waals surface area (Å²) >= 11 is 0. The van der Waals surface area contributed by atoms with Gasteiger partial charge in [-0.1, -0.05) is 32.1 Å². The third kappa shape index (κ3) is 1.95. The van der Waals surface area contributed by atoms with Crippen molar-refractivity contribution in [3.8, 4) is 0 Å². The molecule has 4 heteroatoms. The molecule has 1 saturated heterocycles. The number of carbonyl (C=O) groups excluding carboxylic acids is 2. The first kappa shape index (κ1) is 13.9. The van der Waals surface area contributed by atoms with Gasteiger partial charge in [-0.2, -0.15) is 0 Å². The predicted molar refractivity (Wildman–Crippen MR) is 77.1 cm³/mol. The van der Waals surface area contributed by atoms with Crippen LogP contribution in [0, 0.1) is 0 Å². The molecule has 1 N–H and O–H groups in total. The molecule has 20 heavy (non-hydrogen) atoms. The summed E-state index contributed by atoms with van der Waals surface area (Å²) in [6.45, 7) is 3.68. The Labute approximate surface area is 121 Å². The minimum atomic E-state index is -0.748. The van der Waals surface area contributed by atoms with Crippen molar-refractivity contribution in [1.82, 2.24) is 10.2 Å². The molecule has 0 unspecified atom stereocenters. The van der Waals surface area contributed by atoms with Crippen molar-refractivity contribution in [3.63, 3.8) is 0 Å². The maximum atomic E-state index is 13.0. The second kappa shape index (κ2) is 4.74. The minimum Gasteiger partial charge on any atom is -0.340 e. The number of hydrogen-bond donors (Lipinski definition) is 1. The topological polar surface area (TPSA) is 49.4 Å². The quantitative estimate of drug-likeness (QED) is 0.800. The molecular formula is C16H26N2O2. The molecule has 112 valence electrons. The fraction of sp³-hybridized carbons (Fsp3) is 0.875. The van der Waals surface area contributed by atoms with Crippen LogP contribution in [0.3, 0.4) is 0 Å². The van der Waals surface area contributed by atoms with E-state index in [1.807, 2.05) is 18.7 Å². The van der Waals surface area contributed by atoms with Gasteiger partial charge < -0.3 is 10.2 Å². The summed E-state index contributed by atoms with van der Waals surface area (Å²) < 4.78 is 0. The molecule has 0 radical (unpaired) electrons. The zero-order valence-corrected chi connectivity index (χ0v) is 12.7. The molecule has 4 nitrogen and oxygen atoms in total. The number of piperazine rings is 1. The Morgan fingerprint density at radius 2 is 1.60 bits per heavy atom. The minimum absolute atomic E-state index is 0.0881. The van der Waals surface area contributed by atoms with Crippen LogP contribution in [0.5, 0.6) is 0 Å². The second-order valence-corrected chi connectivity index (χ2v) is 7.28. The summed E-state index contributed by atoms with van der Waals surface area (Å²) in [5.41, 5.74) is -1.28. The van der Waals surface area contributed by atoms with Crippen molar-refractivity contribution in [1.29, 1.82) is 0 Å². The third-order valence-corrected chi connectivity index (χ3v) is 5.43. The molecule has 3 fully saturated rings. The van der Waals surface area contributed by atoms with Gasteiger partial charge in [0.15, 0.2) is 0 Å². The Bertz CT molecular complexity index is 418. The van der Waals surface area contributed by atoms with Crippen molar-refractivity contribution in [2.24, 2.45) is 0 Å². The van der Waals surface area contributed by atoms with E-state index in [9.17, 15) is 9.59 Å². The Hall–Kier alpha value is -1.06. The smallest absolute Gasteiger partial charge is 0.248 e. The van der Waals surface area contributed by atoms with Crippen LogP contribution in [0.15, 0.2) is 0 Å². The largest absolute Gasteiger partial charge is 0.340 e. The molecule has 2 amide bonds. The van der Waals surface area contributed by atoms with Crippen molar-refractivity contribution in [3.05, 3.63) is 0 Å².